The lowest BCUT2D eigenvalue weighted by atomic mass is 9.98. The molecule has 0 spiro atoms. The summed E-state index contributed by atoms with van der Waals surface area (Å²) in [6.07, 6.45) is 1.19. The van der Waals surface area contributed by atoms with Gasteiger partial charge in [0.25, 0.3) is 0 Å². The molecule has 0 atom stereocenters. The molecule has 3 aromatic rings. The Balaban J connectivity index is 1.66. The van der Waals surface area contributed by atoms with Crippen molar-refractivity contribution in [1.29, 1.82) is 0 Å². The van der Waals surface area contributed by atoms with Crippen molar-refractivity contribution in [2.24, 2.45) is 5.92 Å². The molecule has 0 radical (unpaired) electrons. The van der Waals surface area contributed by atoms with Gasteiger partial charge in [0.1, 0.15) is 11.4 Å². The lowest BCUT2D eigenvalue weighted by Gasteiger charge is -2.39. The Labute approximate surface area is 197 Å². The van der Waals surface area contributed by atoms with Crippen molar-refractivity contribution in [2.75, 3.05) is 37.7 Å². The topological polar surface area (TPSA) is 140 Å². The third kappa shape index (κ3) is 4.54. The highest BCUT2D eigenvalue weighted by atomic mass is 35.5. The van der Waals surface area contributed by atoms with Crippen molar-refractivity contribution < 1.29 is 19.4 Å². The third-order valence-corrected chi connectivity index (χ3v) is 6.28. The molecule has 0 unspecified atom stereocenters. The average Bonchev–Trinajstić information content (AvgIpc) is 3.16. The number of aryl methyl sites for hydroxylation is 1. The molecule has 1 aliphatic rings. The van der Waals surface area contributed by atoms with Crippen molar-refractivity contribution in [1.82, 2.24) is 24.2 Å². The molecule has 4 heterocycles. The molecule has 2 N–H and O–H groups in total. The second-order valence-electron chi connectivity index (χ2n) is 7.48. The number of nitrogens with one attached hydrogen (secondary N) is 1. The molecule has 33 heavy (non-hydrogen) atoms. The summed E-state index contributed by atoms with van der Waals surface area (Å²) in [4.78, 5) is 47.5. The minimum atomic E-state index is -1.35. The Morgan fingerprint density at radius 1 is 1.36 bits per heavy atom. The summed E-state index contributed by atoms with van der Waals surface area (Å²) < 4.78 is 10.6. The Morgan fingerprint density at radius 3 is 2.76 bits per heavy atom. The van der Waals surface area contributed by atoms with Crippen LogP contribution >= 0.6 is 23.1 Å². The number of halogens is 1. The van der Waals surface area contributed by atoms with Crippen LogP contribution in [-0.2, 0) is 9.53 Å². The number of aromatic nitrogens is 4. The number of nitrogens with zero attached hydrogens (tertiary/aromatic N) is 5. The maximum Gasteiger partial charge on any atom is 0.341 e. The minimum absolute atomic E-state index is 0.00698. The van der Waals surface area contributed by atoms with Crippen LogP contribution in [0.15, 0.2) is 17.1 Å². The SMILES string of the molecule is CCOCCNC(=O)C1CN(c2cc(C)c3c(=O)c(C(=O)O)cn(-c4nc(Cl)ns4)c3n2)C1. The van der Waals surface area contributed by atoms with Gasteiger partial charge in [-0.1, -0.05) is 0 Å². The number of rotatable bonds is 8. The Bertz CT molecular complexity index is 1290. The number of hydrogen-bond acceptors (Lipinski definition) is 9. The van der Waals surface area contributed by atoms with E-state index in [1.807, 2.05) is 11.8 Å². The molecule has 1 saturated heterocycles. The predicted octanol–water partition coefficient (Wildman–Crippen LogP) is 1.49. The summed E-state index contributed by atoms with van der Waals surface area (Å²) in [6, 6.07) is 1.72. The highest BCUT2D eigenvalue weighted by Gasteiger charge is 2.34. The standard InChI is InChI=1S/C20H21ClN6O5S/c1-3-32-5-4-22-17(29)11-7-26(8-11)13-6-10(2)14-15(28)12(18(30)31)9-27(16(14)23-13)20-24-19(21)25-33-20/h6,9,11H,3-5,7-8H2,1-2H3,(H,22,29)(H,30,31). The Hall–Kier alpha value is -3.09. The molecule has 0 bridgehead atoms. The van der Waals surface area contributed by atoms with E-state index in [1.165, 1.54) is 10.8 Å². The van der Waals surface area contributed by atoms with E-state index in [9.17, 15) is 19.5 Å². The average molecular weight is 493 g/mol. The van der Waals surface area contributed by atoms with E-state index in [2.05, 4.69) is 19.7 Å². The predicted molar refractivity (Wildman–Crippen MR) is 123 cm³/mol. The van der Waals surface area contributed by atoms with Crippen LogP contribution in [0.1, 0.15) is 22.8 Å². The summed E-state index contributed by atoms with van der Waals surface area (Å²) in [5, 5.41) is 12.8. The van der Waals surface area contributed by atoms with E-state index in [4.69, 9.17) is 16.3 Å². The normalized spacial score (nSPS) is 13.8. The summed E-state index contributed by atoms with van der Waals surface area (Å²) in [6.45, 7) is 6.08. The van der Waals surface area contributed by atoms with Crippen molar-refractivity contribution in [2.45, 2.75) is 13.8 Å². The number of carbonyl (C=O) groups is 2. The number of hydrogen-bond donors (Lipinski definition) is 2. The number of ether oxygens (including phenoxy) is 1. The molecule has 0 aromatic carbocycles. The number of carboxylic acids is 1. The van der Waals surface area contributed by atoms with Crippen molar-refractivity contribution in [3.63, 3.8) is 0 Å². The highest BCUT2D eigenvalue weighted by molar-refractivity contribution is 7.08. The van der Waals surface area contributed by atoms with Gasteiger partial charge in [-0.15, -0.1) is 0 Å². The van der Waals surface area contributed by atoms with E-state index in [1.54, 1.807) is 13.0 Å². The van der Waals surface area contributed by atoms with Gasteiger partial charge in [-0.2, -0.15) is 9.36 Å². The van der Waals surface area contributed by atoms with Crippen LogP contribution in [0.4, 0.5) is 5.82 Å². The number of fused-ring (bicyclic) bond motifs is 1. The Morgan fingerprint density at radius 2 is 2.12 bits per heavy atom. The van der Waals surface area contributed by atoms with E-state index in [0.29, 0.717) is 44.2 Å². The van der Waals surface area contributed by atoms with Crippen LogP contribution in [0, 0.1) is 12.8 Å². The second-order valence-corrected chi connectivity index (χ2v) is 8.55. The molecule has 4 rings (SSSR count). The first kappa shape index (κ1) is 23.1. The van der Waals surface area contributed by atoms with Crippen LogP contribution in [0.5, 0.6) is 0 Å². The summed E-state index contributed by atoms with van der Waals surface area (Å²) >= 11 is 6.82. The first-order valence-electron chi connectivity index (χ1n) is 10.2. The van der Waals surface area contributed by atoms with Gasteiger partial charge in [0.15, 0.2) is 5.65 Å². The molecule has 1 aliphatic heterocycles. The second kappa shape index (κ2) is 9.41. The zero-order valence-electron chi connectivity index (χ0n) is 17.9. The molecule has 174 valence electrons. The van der Waals surface area contributed by atoms with Crippen LogP contribution in [-0.4, -0.2) is 68.7 Å². The maximum atomic E-state index is 12.9. The van der Waals surface area contributed by atoms with Gasteiger partial charge in [-0.3, -0.25) is 14.2 Å². The number of pyridine rings is 2. The third-order valence-electron chi connectivity index (χ3n) is 5.30. The van der Waals surface area contributed by atoms with Crippen molar-refractivity contribution >= 4 is 51.9 Å². The first-order valence-corrected chi connectivity index (χ1v) is 11.4. The van der Waals surface area contributed by atoms with Gasteiger partial charge in [0, 0.05) is 44.0 Å². The van der Waals surface area contributed by atoms with Crippen molar-refractivity contribution in [3.8, 4) is 5.13 Å². The molecule has 11 nitrogen and oxygen atoms in total. The maximum absolute atomic E-state index is 12.9. The monoisotopic (exact) mass is 492 g/mol. The number of carbonyl (C=O) groups excluding carboxylic acids is 1. The van der Waals surface area contributed by atoms with Crippen LogP contribution in [0.25, 0.3) is 16.2 Å². The molecule has 13 heteroatoms. The smallest absolute Gasteiger partial charge is 0.341 e. The molecule has 3 aromatic heterocycles. The lowest BCUT2D eigenvalue weighted by Crippen LogP contribution is -2.54. The molecule has 1 fully saturated rings. The fraction of sp³-hybridized carbons (Fsp3) is 0.400. The van der Waals surface area contributed by atoms with Gasteiger partial charge in [-0.25, -0.2) is 9.78 Å². The first-order chi connectivity index (χ1) is 15.8. The number of anilines is 1. The number of carboxylic acid groups (broad SMARTS) is 1. The molecule has 0 aliphatic carbocycles. The highest BCUT2D eigenvalue weighted by Crippen LogP contribution is 2.28. The zero-order valence-corrected chi connectivity index (χ0v) is 19.4. The summed E-state index contributed by atoms with van der Waals surface area (Å²) in [5.41, 5.74) is -0.218. The zero-order chi connectivity index (χ0) is 23.7. The molecular weight excluding hydrogens is 472 g/mol. The molecular formula is C20H21ClN6O5S. The summed E-state index contributed by atoms with van der Waals surface area (Å²) in [5.74, 6) is -1.00. The lowest BCUT2D eigenvalue weighted by molar-refractivity contribution is -0.125. The van der Waals surface area contributed by atoms with Gasteiger partial charge in [0.2, 0.25) is 21.8 Å². The number of aromatic carboxylic acids is 1. The van der Waals surface area contributed by atoms with E-state index < -0.39 is 17.0 Å². The Kier molecular flexibility index (Phi) is 6.58. The van der Waals surface area contributed by atoms with Gasteiger partial charge in [0.05, 0.1) is 17.9 Å². The van der Waals surface area contributed by atoms with E-state index >= 15 is 0 Å². The molecule has 1 amide bonds. The van der Waals surface area contributed by atoms with Gasteiger partial charge < -0.3 is 20.1 Å². The largest absolute Gasteiger partial charge is 0.477 e. The van der Waals surface area contributed by atoms with Crippen molar-refractivity contribution in [3.05, 3.63) is 38.9 Å². The fourth-order valence-corrected chi connectivity index (χ4v) is 4.39. The van der Waals surface area contributed by atoms with E-state index in [-0.39, 0.29) is 33.3 Å². The minimum Gasteiger partial charge on any atom is -0.477 e. The van der Waals surface area contributed by atoms with E-state index in [0.717, 1.165) is 11.5 Å². The molecule has 0 saturated carbocycles. The van der Waals surface area contributed by atoms with Crippen LogP contribution in [0.2, 0.25) is 5.28 Å². The summed E-state index contributed by atoms with van der Waals surface area (Å²) in [7, 11) is 0. The fourth-order valence-electron chi connectivity index (χ4n) is 3.60. The number of amides is 1. The van der Waals surface area contributed by atoms with Gasteiger partial charge in [-0.05, 0) is 37.1 Å². The van der Waals surface area contributed by atoms with Gasteiger partial charge >= 0.3 is 5.97 Å². The van der Waals surface area contributed by atoms with Crippen LogP contribution < -0.4 is 15.6 Å². The quantitative estimate of drug-likeness (QED) is 0.447. The van der Waals surface area contributed by atoms with Crippen LogP contribution in [0.3, 0.4) is 0 Å².